The number of allylic oxidation sites excluding steroid dienone is 2. The molecule has 1 unspecified atom stereocenters. The summed E-state index contributed by atoms with van der Waals surface area (Å²) in [6.45, 7) is 1.30. The maximum absolute atomic E-state index is 9.93. The fourth-order valence-corrected chi connectivity index (χ4v) is 4.15. The normalized spacial score (nSPS) is 25.2. The molecule has 1 aromatic rings. The second kappa shape index (κ2) is 6.26. The minimum Gasteiger partial charge on any atom is -0.399 e. The van der Waals surface area contributed by atoms with E-state index in [1.165, 1.54) is 0 Å². The topological polar surface area (TPSA) is 101 Å². The maximum atomic E-state index is 9.93. The molecule has 0 amide bonds. The summed E-state index contributed by atoms with van der Waals surface area (Å²) >= 11 is 6.41. The van der Waals surface area contributed by atoms with Crippen LogP contribution in [0.25, 0.3) is 0 Å². The highest BCUT2D eigenvalue weighted by Crippen LogP contribution is 2.55. The lowest BCUT2D eigenvalue weighted by molar-refractivity contribution is 0.238. The van der Waals surface area contributed by atoms with Gasteiger partial charge in [0.1, 0.15) is 6.07 Å². The molecule has 5 nitrogen and oxygen atoms in total. The molecule has 2 aliphatic rings. The Hall–Kier alpha value is -2.78. The van der Waals surface area contributed by atoms with Gasteiger partial charge in [0, 0.05) is 29.9 Å². The Morgan fingerprint density at radius 1 is 1.24 bits per heavy atom. The van der Waals surface area contributed by atoms with Crippen molar-refractivity contribution < 1.29 is 0 Å². The van der Waals surface area contributed by atoms with Gasteiger partial charge in [-0.15, -0.1) is 0 Å². The molecular formula is C19H16ClN5. The van der Waals surface area contributed by atoms with Gasteiger partial charge in [0.15, 0.2) is 5.41 Å². The monoisotopic (exact) mass is 349 g/mol. The summed E-state index contributed by atoms with van der Waals surface area (Å²) in [6, 6.07) is 13.5. The molecule has 1 heterocycles. The summed E-state index contributed by atoms with van der Waals surface area (Å²) in [6.07, 6.45) is 1.96. The van der Waals surface area contributed by atoms with E-state index in [1.807, 2.05) is 25.3 Å². The van der Waals surface area contributed by atoms with Gasteiger partial charge in [0.25, 0.3) is 0 Å². The molecule has 124 valence electrons. The maximum Gasteiger partial charge on any atom is 0.191 e. The third kappa shape index (κ3) is 2.39. The quantitative estimate of drug-likeness (QED) is 0.840. The minimum absolute atomic E-state index is 0.0250. The summed E-state index contributed by atoms with van der Waals surface area (Å²) in [5, 5.41) is 30.0. The van der Waals surface area contributed by atoms with E-state index in [2.05, 4.69) is 23.1 Å². The van der Waals surface area contributed by atoms with E-state index in [-0.39, 0.29) is 17.2 Å². The Balaban J connectivity index is 2.37. The van der Waals surface area contributed by atoms with Crippen LogP contribution in [0.3, 0.4) is 0 Å². The number of fused-ring (bicyclic) bond motifs is 1. The molecule has 2 atom stereocenters. The zero-order valence-corrected chi connectivity index (χ0v) is 14.5. The van der Waals surface area contributed by atoms with Crippen LogP contribution in [0.15, 0.2) is 47.2 Å². The number of halogens is 1. The van der Waals surface area contributed by atoms with Crippen molar-refractivity contribution in [3.63, 3.8) is 0 Å². The highest BCUT2D eigenvalue weighted by Gasteiger charge is 2.54. The molecule has 2 N–H and O–H groups in total. The largest absolute Gasteiger partial charge is 0.399 e. The zero-order valence-electron chi connectivity index (χ0n) is 13.7. The van der Waals surface area contributed by atoms with Gasteiger partial charge in [-0.25, -0.2) is 0 Å². The predicted octanol–water partition coefficient (Wildman–Crippen LogP) is 2.70. The molecule has 1 aliphatic carbocycles. The number of nitrogens with two attached hydrogens (primary N) is 1. The van der Waals surface area contributed by atoms with Crippen LogP contribution in [-0.4, -0.2) is 25.0 Å². The van der Waals surface area contributed by atoms with Gasteiger partial charge in [0.05, 0.1) is 23.4 Å². The summed E-state index contributed by atoms with van der Waals surface area (Å²) in [4.78, 5) is 2.09. The molecule has 0 spiro atoms. The Kier molecular flexibility index (Phi) is 4.27. The highest BCUT2D eigenvalue weighted by molar-refractivity contribution is 6.31. The van der Waals surface area contributed by atoms with Crippen molar-refractivity contribution in [1.82, 2.24) is 4.90 Å². The molecule has 6 heteroatoms. The van der Waals surface area contributed by atoms with Gasteiger partial charge in [-0.3, -0.25) is 0 Å². The standard InChI is InChI=1S/C19H16ClN5/c1-25-7-6-12-14(8-21)18(24)19(10-22,11-23)17(15(12)9-25)13-4-2-3-5-16(13)20/h2-6,15,17H,7,9,24H2,1H3/t15-,17?/m0/s1. The van der Waals surface area contributed by atoms with Crippen LogP contribution in [0.2, 0.25) is 5.02 Å². The van der Waals surface area contributed by atoms with Crippen LogP contribution in [-0.2, 0) is 0 Å². The van der Waals surface area contributed by atoms with Crippen LogP contribution >= 0.6 is 11.6 Å². The Labute approximate surface area is 151 Å². The molecule has 0 bridgehead atoms. The van der Waals surface area contributed by atoms with Crippen molar-refractivity contribution >= 4 is 11.6 Å². The first-order chi connectivity index (χ1) is 12.0. The third-order valence-electron chi connectivity index (χ3n) is 5.09. The zero-order chi connectivity index (χ0) is 18.2. The number of likely N-dealkylation sites (N-methyl/N-ethyl adjacent to an activating group) is 1. The smallest absolute Gasteiger partial charge is 0.191 e. The van der Waals surface area contributed by atoms with Gasteiger partial charge < -0.3 is 10.6 Å². The van der Waals surface area contributed by atoms with Gasteiger partial charge in [-0.2, -0.15) is 15.8 Å². The lowest BCUT2D eigenvalue weighted by atomic mass is 9.58. The molecule has 0 radical (unpaired) electrons. The molecule has 0 saturated carbocycles. The van der Waals surface area contributed by atoms with E-state index in [0.29, 0.717) is 23.7 Å². The van der Waals surface area contributed by atoms with Crippen LogP contribution in [0, 0.1) is 45.3 Å². The molecule has 0 fully saturated rings. The van der Waals surface area contributed by atoms with E-state index in [9.17, 15) is 15.8 Å². The number of hydrogen-bond acceptors (Lipinski definition) is 5. The summed E-state index contributed by atoms with van der Waals surface area (Å²) in [7, 11) is 1.96. The number of rotatable bonds is 1. The Morgan fingerprint density at radius 3 is 2.52 bits per heavy atom. The van der Waals surface area contributed by atoms with Crippen LogP contribution in [0.5, 0.6) is 0 Å². The van der Waals surface area contributed by atoms with E-state index < -0.39 is 11.3 Å². The average Bonchev–Trinajstić information content (AvgIpc) is 2.62. The van der Waals surface area contributed by atoms with E-state index in [4.69, 9.17) is 17.3 Å². The summed E-state index contributed by atoms with van der Waals surface area (Å²) in [5.41, 5.74) is 6.39. The predicted molar refractivity (Wildman–Crippen MR) is 93.7 cm³/mol. The van der Waals surface area contributed by atoms with Gasteiger partial charge in [-0.1, -0.05) is 35.9 Å². The SMILES string of the molecule is CN1CC=C2C(C#N)=C(N)C(C#N)(C#N)C(c3ccccc3Cl)[C@H]2C1. The van der Waals surface area contributed by atoms with Crippen LogP contribution in [0.1, 0.15) is 11.5 Å². The van der Waals surface area contributed by atoms with Crippen molar-refractivity contribution in [3.8, 4) is 18.2 Å². The van der Waals surface area contributed by atoms with Crippen LogP contribution in [0.4, 0.5) is 0 Å². The number of nitrogens with zero attached hydrogens (tertiary/aromatic N) is 4. The second-order valence-corrected chi connectivity index (χ2v) is 6.83. The average molecular weight is 350 g/mol. The first-order valence-electron chi connectivity index (χ1n) is 7.86. The lowest BCUT2D eigenvalue weighted by Gasteiger charge is -2.45. The molecule has 1 aliphatic heterocycles. The number of nitriles is 3. The van der Waals surface area contributed by atoms with Gasteiger partial charge in [0.2, 0.25) is 0 Å². The second-order valence-electron chi connectivity index (χ2n) is 6.42. The Bertz CT molecular complexity index is 895. The van der Waals surface area contributed by atoms with Gasteiger partial charge in [-0.05, 0) is 24.3 Å². The van der Waals surface area contributed by atoms with Crippen molar-refractivity contribution in [2.75, 3.05) is 20.1 Å². The van der Waals surface area contributed by atoms with Crippen molar-refractivity contribution in [2.24, 2.45) is 17.1 Å². The van der Waals surface area contributed by atoms with Crippen molar-refractivity contribution in [3.05, 3.63) is 57.8 Å². The first-order valence-corrected chi connectivity index (χ1v) is 8.24. The number of hydrogen-bond donors (Lipinski definition) is 1. The minimum atomic E-state index is -1.63. The summed E-state index contributed by atoms with van der Waals surface area (Å²) in [5.74, 6) is -0.748. The first kappa shape index (κ1) is 17.1. The number of benzene rings is 1. The van der Waals surface area contributed by atoms with Crippen molar-refractivity contribution in [2.45, 2.75) is 5.92 Å². The summed E-state index contributed by atoms with van der Waals surface area (Å²) < 4.78 is 0. The fraction of sp³-hybridized carbons (Fsp3) is 0.316. The fourth-order valence-electron chi connectivity index (χ4n) is 3.90. The molecule has 0 saturated heterocycles. The molecule has 0 aromatic heterocycles. The lowest BCUT2D eigenvalue weighted by Crippen LogP contribution is -2.47. The molecule has 1 aromatic carbocycles. The van der Waals surface area contributed by atoms with Crippen LogP contribution < -0.4 is 5.73 Å². The van der Waals surface area contributed by atoms with E-state index in [0.717, 1.165) is 5.57 Å². The third-order valence-corrected chi connectivity index (χ3v) is 5.43. The van der Waals surface area contributed by atoms with Crippen molar-refractivity contribution in [1.29, 1.82) is 15.8 Å². The molecule has 25 heavy (non-hydrogen) atoms. The van der Waals surface area contributed by atoms with E-state index in [1.54, 1.807) is 12.1 Å². The molecular weight excluding hydrogens is 334 g/mol. The highest BCUT2D eigenvalue weighted by atomic mass is 35.5. The van der Waals surface area contributed by atoms with Gasteiger partial charge >= 0.3 is 0 Å². The van der Waals surface area contributed by atoms with E-state index >= 15 is 0 Å². The Morgan fingerprint density at radius 2 is 1.92 bits per heavy atom. The molecule has 3 rings (SSSR count).